The van der Waals surface area contributed by atoms with Crippen LogP contribution in [0.15, 0.2) is 48.8 Å². The van der Waals surface area contributed by atoms with Crippen molar-refractivity contribution in [2.45, 2.75) is 40.0 Å². The number of nitrogens with zero attached hydrogens (tertiary/aromatic N) is 5. The molecule has 1 atom stereocenters. The van der Waals surface area contributed by atoms with Crippen molar-refractivity contribution in [2.75, 3.05) is 66.3 Å². The zero-order valence-electron chi connectivity index (χ0n) is 27.0. The van der Waals surface area contributed by atoms with Gasteiger partial charge in [0.15, 0.2) is 11.6 Å². The number of anilines is 5. The molecule has 1 unspecified atom stereocenters. The number of piperazine rings is 1. The maximum atomic E-state index is 13.6. The zero-order valence-corrected chi connectivity index (χ0v) is 27.8. The summed E-state index contributed by atoms with van der Waals surface area (Å²) in [4.78, 5) is 32.3. The van der Waals surface area contributed by atoms with Gasteiger partial charge in [-0.2, -0.15) is 0 Å². The molecule has 0 saturated carbocycles. The number of hydrogen-bond acceptors (Lipinski definition) is 9. The molecule has 3 heterocycles. The second-order valence-corrected chi connectivity index (χ2v) is 13.3. The van der Waals surface area contributed by atoms with Crippen molar-refractivity contribution >= 4 is 56.6 Å². The number of carbonyl (C=O) groups excluding carboxylic acids is 1. The Balaban J connectivity index is 1.43. The summed E-state index contributed by atoms with van der Waals surface area (Å²) >= 11 is 0. The summed E-state index contributed by atoms with van der Waals surface area (Å²) in [7, 11) is 0.192. The van der Waals surface area contributed by atoms with E-state index in [1.165, 1.54) is 13.4 Å². The van der Waals surface area contributed by atoms with Crippen molar-refractivity contribution in [3.05, 3.63) is 65.5 Å². The first-order valence-electron chi connectivity index (χ1n) is 15.1. The number of ether oxygens (including phenoxy) is 1. The fraction of sp³-hybridized carbons (Fsp3) is 0.394. The van der Waals surface area contributed by atoms with Crippen LogP contribution >= 0.6 is 0 Å². The third-order valence-corrected chi connectivity index (χ3v) is 8.53. The predicted octanol–water partition coefficient (Wildman–Crippen LogP) is 5.48. The average Bonchev–Trinajstić information content (AvgIpc) is 3.01. The van der Waals surface area contributed by atoms with E-state index < -0.39 is 11.0 Å². The number of rotatable bonds is 9. The van der Waals surface area contributed by atoms with Gasteiger partial charge in [0.2, 0.25) is 0 Å². The smallest absolute Gasteiger partial charge is 0.255 e. The van der Waals surface area contributed by atoms with E-state index >= 15 is 0 Å². The number of methoxy groups -OCH3 is 1. The molecule has 0 aliphatic carbocycles. The molecule has 1 aliphatic rings. The number of benzene rings is 2. The number of hydrogen-bond donors (Lipinski definition) is 3. The number of fused-ring (bicyclic) bond motifs is 1. The molecule has 11 nitrogen and oxygen atoms in total. The molecule has 4 aromatic rings. The number of nitrogens with one attached hydrogen (secondary N) is 3. The molecular weight excluding hydrogens is 588 g/mol. The zero-order chi connectivity index (χ0) is 32.3. The number of carbonyl (C=O) groups is 1. The first kappa shape index (κ1) is 32.1. The van der Waals surface area contributed by atoms with Gasteiger partial charge in [0.1, 0.15) is 28.6 Å². The van der Waals surface area contributed by atoms with Gasteiger partial charge in [0, 0.05) is 43.7 Å². The lowest BCUT2D eigenvalue weighted by Crippen LogP contribution is -2.46. The minimum absolute atomic E-state index is 0.226. The highest BCUT2D eigenvalue weighted by atomic mass is 32.2. The SMILES string of the molecule is CCN1CCN(c2ccc3ncnc(Nc4cc(C(=O)Nc5cc(C(C)(C)C)cc(NS(C)=O)c5OC)ccc4C)c3n2)CC1. The fourth-order valence-corrected chi connectivity index (χ4v) is 5.78. The van der Waals surface area contributed by atoms with Gasteiger partial charge in [-0.3, -0.25) is 4.79 Å². The third-order valence-electron chi connectivity index (χ3n) is 8.02. The van der Waals surface area contributed by atoms with Gasteiger partial charge >= 0.3 is 0 Å². The highest BCUT2D eigenvalue weighted by Gasteiger charge is 2.22. The van der Waals surface area contributed by atoms with E-state index in [1.807, 2.05) is 37.3 Å². The Bertz CT molecular complexity index is 1730. The Morgan fingerprint density at radius 3 is 2.40 bits per heavy atom. The number of aromatic nitrogens is 3. The maximum Gasteiger partial charge on any atom is 0.255 e. The van der Waals surface area contributed by atoms with Gasteiger partial charge in [-0.1, -0.05) is 33.8 Å². The average molecular weight is 631 g/mol. The Morgan fingerprint density at radius 2 is 1.73 bits per heavy atom. The monoisotopic (exact) mass is 630 g/mol. The van der Waals surface area contributed by atoms with E-state index in [0.717, 1.165) is 60.9 Å². The summed E-state index contributed by atoms with van der Waals surface area (Å²) in [6, 6.07) is 13.3. The van der Waals surface area contributed by atoms with Crippen LogP contribution in [0.4, 0.5) is 28.7 Å². The summed E-state index contributed by atoms with van der Waals surface area (Å²) in [5.74, 6) is 1.55. The van der Waals surface area contributed by atoms with Crippen molar-refractivity contribution in [2.24, 2.45) is 0 Å². The van der Waals surface area contributed by atoms with Crippen LogP contribution in [0.2, 0.25) is 0 Å². The Morgan fingerprint density at radius 1 is 1.00 bits per heavy atom. The molecular formula is C33H42N8O3S. The summed E-state index contributed by atoms with van der Waals surface area (Å²) in [6.07, 6.45) is 3.06. The standard InChI is InChI=1S/C33H42N8O3S/c1-8-40-13-15-41(16-14-40)28-12-11-24-29(38-28)31(35-20-34-24)36-25-17-22(10-9-21(25)2)32(42)37-26-18-23(33(3,4)5)19-27(30(26)44-6)39-45(7)43/h9-12,17-20,39H,8,13-16H2,1-7H3,(H,37,42)(H,34,35,36). The van der Waals surface area contributed by atoms with Crippen LogP contribution in [0.3, 0.4) is 0 Å². The highest BCUT2D eigenvalue weighted by Crippen LogP contribution is 2.39. The van der Waals surface area contributed by atoms with Gasteiger partial charge in [0.05, 0.1) is 24.0 Å². The molecule has 1 saturated heterocycles. The maximum absolute atomic E-state index is 13.6. The molecule has 1 aliphatic heterocycles. The summed E-state index contributed by atoms with van der Waals surface area (Å²) in [6.45, 7) is 15.3. The van der Waals surface area contributed by atoms with E-state index in [0.29, 0.717) is 34.0 Å². The number of pyridine rings is 1. The quantitative estimate of drug-likeness (QED) is 0.220. The van der Waals surface area contributed by atoms with Crippen LogP contribution in [0, 0.1) is 6.92 Å². The predicted molar refractivity (Wildman–Crippen MR) is 183 cm³/mol. The second kappa shape index (κ2) is 13.4. The van der Waals surface area contributed by atoms with Crippen LogP contribution in [0.25, 0.3) is 11.0 Å². The molecule has 5 rings (SSSR count). The molecule has 238 valence electrons. The van der Waals surface area contributed by atoms with Gasteiger partial charge in [-0.15, -0.1) is 0 Å². The number of likely N-dealkylation sites (N-methyl/N-ethyl adjacent to an activating group) is 1. The molecule has 0 radical (unpaired) electrons. The van der Waals surface area contributed by atoms with Crippen LogP contribution < -0.4 is 25.0 Å². The van der Waals surface area contributed by atoms with Gasteiger partial charge in [-0.05, 0) is 66.4 Å². The van der Waals surface area contributed by atoms with Crippen LogP contribution in [0.5, 0.6) is 5.75 Å². The Labute approximate surface area is 267 Å². The third kappa shape index (κ3) is 7.34. The topological polar surface area (TPSA) is 125 Å². The molecule has 12 heteroatoms. The Kier molecular flexibility index (Phi) is 9.54. The van der Waals surface area contributed by atoms with E-state index in [9.17, 15) is 9.00 Å². The van der Waals surface area contributed by atoms with Crippen molar-refractivity contribution in [1.29, 1.82) is 0 Å². The molecule has 1 fully saturated rings. The lowest BCUT2D eigenvalue weighted by molar-refractivity contribution is 0.102. The van der Waals surface area contributed by atoms with E-state index in [2.05, 4.69) is 62.8 Å². The van der Waals surface area contributed by atoms with Crippen molar-refractivity contribution in [1.82, 2.24) is 19.9 Å². The molecule has 2 aromatic carbocycles. The Hall–Kier alpha value is -4.29. The molecule has 0 bridgehead atoms. The largest absolute Gasteiger partial charge is 0.492 e. The molecule has 45 heavy (non-hydrogen) atoms. The highest BCUT2D eigenvalue weighted by molar-refractivity contribution is 7.85. The van der Waals surface area contributed by atoms with Gasteiger partial charge < -0.3 is 29.9 Å². The van der Waals surface area contributed by atoms with E-state index in [1.54, 1.807) is 18.4 Å². The van der Waals surface area contributed by atoms with Crippen molar-refractivity contribution in [3.63, 3.8) is 0 Å². The van der Waals surface area contributed by atoms with E-state index in [4.69, 9.17) is 9.72 Å². The first-order valence-corrected chi connectivity index (χ1v) is 16.6. The first-order chi connectivity index (χ1) is 21.5. The fourth-order valence-electron chi connectivity index (χ4n) is 5.32. The van der Waals surface area contributed by atoms with Gasteiger partial charge in [0.25, 0.3) is 5.91 Å². The van der Waals surface area contributed by atoms with Crippen molar-refractivity contribution < 1.29 is 13.7 Å². The summed E-state index contributed by atoms with van der Waals surface area (Å²) in [5, 5.41) is 6.43. The summed E-state index contributed by atoms with van der Waals surface area (Å²) < 4.78 is 20.7. The van der Waals surface area contributed by atoms with Gasteiger partial charge in [-0.25, -0.2) is 19.2 Å². The molecule has 0 spiro atoms. The second-order valence-electron chi connectivity index (χ2n) is 12.2. The van der Waals surface area contributed by atoms with Crippen LogP contribution in [0.1, 0.15) is 49.2 Å². The minimum Gasteiger partial charge on any atom is -0.492 e. The number of amides is 1. The van der Waals surface area contributed by atoms with Crippen molar-refractivity contribution in [3.8, 4) is 5.75 Å². The van der Waals surface area contributed by atoms with Crippen LogP contribution in [-0.2, 0) is 16.4 Å². The van der Waals surface area contributed by atoms with Crippen LogP contribution in [-0.4, -0.2) is 76.1 Å². The normalized spacial score (nSPS) is 14.7. The summed E-state index contributed by atoms with van der Waals surface area (Å²) in [5.41, 5.74) is 5.26. The minimum atomic E-state index is -1.33. The molecule has 1 amide bonds. The lowest BCUT2D eigenvalue weighted by atomic mass is 9.86. The molecule has 3 N–H and O–H groups in total. The molecule has 2 aromatic heterocycles. The lowest BCUT2D eigenvalue weighted by Gasteiger charge is -2.34. The van der Waals surface area contributed by atoms with E-state index in [-0.39, 0.29) is 11.3 Å². The number of aryl methyl sites for hydroxylation is 1.